The summed E-state index contributed by atoms with van der Waals surface area (Å²) in [6.45, 7) is 0.851. The minimum atomic E-state index is -3.46. The molecular formula is C14H21FN2O2S. The molecule has 1 aliphatic rings. The van der Waals surface area contributed by atoms with Crippen LogP contribution in [0.5, 0.6) is 0 Å². The summed E-state index contributed by atoms with van der Waals surface area (Å²) in [5.74, 6) is -0.474. The molecule has 0 amide bonds. The van der Waals surface area contributed by atoms with E-state index in [9.17, 15) is 12.8 Å². The van der Waals surface area contributed by atoms with Crippen molar-refractivity contribution in [1.82, 2.24) is 5.32 Å². The molecule has 0 saturated heterocycles. The Balaban J connectivity index is 1.83. The van der Waals surface area contributed by atoms with Crippen molar-refractivity contribution in [3.63, 3.8) is 0 Å². The molecule has 1 saturated carbocycles. The van der Waals surface area contributed by atoms with Gasteiger partial charge in [0.05, 0.1) is 11.4 Å². The summed E-state index contributed by atoms with van der Waals surface area (Å²) in [4.78, 5) is 0. The molecule has 1 aromatic rings. The predicted octanol–water partition coefficient (Wildman–Crippen LogP) is 2.12. The van der Waals surface area contributed by atoms with E-state index < -0.39 is 15.8 Å². The van der Waals surface area contributed by atoms with Crippen molar-refractivity contribution in [2.24, 2.45) is 0 Å². The Morgan fingerprint density at radius 1 is 1.30 bits per heavy atom. The Hall–Kier alpha value is -1.14. The third kappa shape index (κ3) is 4.18. The van der Waals surface area contributed by atoms with E-state index in [1.54, 1.807) is 12.1 Å². The lowest BCUT2D eigenvalue weighted by Gasteiger charge is -2.19. The molecule has 1 aliphatic carbocycles. The zero-order chi connectivity index (χ0) is 14.6. The second kappa shape index (κ2) is 6.54. The molecule has 2 rings (SSSR count). The minimum absolute atomic E-state index is 0.0458. The summed E-state index contributed by atoms with van der Waals surface area (Å²) < 4.78 is 38.9. The average molecular weight is 300 g/mol. The zero-order valence-corrected chi connectivity index (χ0v) is 12.5. The van der Waals surface area contributed by atoms with Gasteiger partial charge in [-0.25, -0.2) is 12.8 Å². The van der Waals surface area contributed by atoms with Gasteiger partial charge < -0.3 is 5.32 Å². The van der Waals surface area contributed by atoms with Gasteiger partial charge in [-0.2, -0.15) is 0 Å². The van der Waals surface area contributed by atoms with Crippen molar-refractivity contribution in [3.05, 3.63) is 30.1 Å². The number of rotatable bonds is 8. The van der Waals surface area contributed by atoms with Gasteiger partial charge in [0, 0.05) is 13.1 Å². The largest absolute Gasteiger partial charge is 0.314 e. The van der Waals surface area contributed by atoms with Gasteiger partial charge in [0.25, 0.3) is 0 Å². The molecule has 0 spiro atoms. The number of anilines is 1. The van der Waals surface area contributed by atoms with Crippen LogP contribution in [0.15, 0.2) is 24.3 Å². The molecule has 0 atom stereocenters. The van der Waals surface area contributed by atoms with E-state index in [0.29, 0.717) is 12.5 Å². The molecule has 4 nitrogen and oxygen atoms in total. The van der Waals surface area contributed by atoms with Crippen molar-refractivity contribution in [2.75, 3.05) is 23.7 Å². The molecule has 0 bridgehead atoms. The Morgan fingerprint density at radius 3 is 2.65 bits per heavy atom. The molecular weight excluding hydrogens is 279 g/mol. The molecule has 6 heteroatoms. The van der Waals surface area contributed by atoms with Crippen molar-refractivity contribution >= 4 is 15.7 Å². The Kier molecular flexibility index (Phi) is 4.99. The highest BCUT2D eigenvalue weighted by molar-refractivity contribution is 7.92. The standard InChI is InChI=1S/C14H21FN2O2S/c1-17(14-7-3-2-6-13(14)15)20(18,19)11-5-4-10-16-12-8-9-12/h2-3,6-7,12,16H,4-5,8-11H2,1H3. The smallest absolute Gasteiger partial charge is 0.234 e. The van der Waals surface area contributed by atoms with E-state index in [4.69, 9.17) is 0 Å². The van der Waals surface area contributed by atoms with E-state index >= 15 is 0 Å². The van der Waals surface area contributed by atoms with Crippen LogP contribution in [0.2, 0.25) is 0 Å². The lowest BCUT2D eigenvalue weighted by Crippen LogP contribution is -2.30. The average Bonchev–Trinajstić information content (AvgIpc) is 3.22. The Labute approximate surface area is 120 Å². The highest BCUT2D eigenvalue weighted by Gasteiger charge is 2.21. The van der Waals surface area contributed by atoms with Crippen LogP contribution in [0.4, 0.5) is 10.1 Å². The van der Waals surface area contributed by atoms with Crippen molar-refractivity contribution in [2.45, 2.75) is 31.7 Å². The monoisotopic (exact) mass is 300 g/mol. The zero-order valence-electron chi connectivity index (χ0n) is 11.7. The SMILES string of the molecule is CN(c1ccccc1F)S(=O)(=O)CCCCNC1CC1. The fraction of sp³-hybridized carbons (Fsp3) is 0.571. The van der Waals surface area contributed by atoms with Crippen LogP contribution in [0.25, 0.3) is 0 Å². The highest BCUT2D eigenvalue weighted by Crippen LogP contribution is 2.21. The molecule has 0 heterocycles. The van der Waals surface area contributed by atoms with Crippen LogP contribution in [-0.2, 0) is 10.0 Å². The maximum atomic E-state index is 13.6. The van der Waals surface area contributed by atoms with E-state index in [1.165, 1.54) is 32.0 Å². The Morgan fingerprint density at radius 2 is 2.00 bits per heavy atom. The van der Waals surface area contributed by atoms with E-state index in [-0.39, 0.29) is 11.4 Å². The summed E-state index contributed by atoms with van der Waals surface area (Å²) in [5, 5.41) is 3.34. The molecule has 112 valence electrons. The summed E-state index contributed by atoms with van der Waals surface area (Å²) in [5.41, 5.74) is 0.101. The normalized spacial score (nSPS) is 15.3. The number of para-hydroxylation sites is 1. The van der Waals surface area contributed by atoms with E-state index in [2.05, 4.69) is 5.32 Å². The topological polar surface area (TPSA) is 49.4 Å². The first kappa shape index (κ1) is 15.3. The fourth-order valence-corrected chi connectivity index (χ4v) is 3.29. The van der Waals surface area contributed by atoms with Gasteiger partial charge in [0.15, 0.2) is 0 Å². The van der Waals surface area contributed by atoms with Crippen LogP contribution in [-0.4, -0.2) is 33.8 Å². The molecule has 0 aliphatic heterocycles. The molecule has 1 fully saturated rings. The first-order valence-corrected chi connectivity index (χ1v) is 8.56. The third-order valence-corrected chi connectivity index (χ3v) is 5.28. The number of sulfonamides is 1. The lowest BCUT2D eigenvalue weighted by atomic mass is 10.3. The number of hydrogen-bond donors (Lipinski definition) is 1. The van der Waals surface area contributed by atoms with Crippen molar-refractivity contribution in [3.8, 4) is 0 Å². The highest BCUT2D eigenvalue weighted by atomic mass is 32.2. The molecule has 0 unspecified atom stereocenters. The van der Waals surface area contributed by atoms with Crippen LogP contribution < -0.4 is 9.62 Å². The minimum Gasteiger partial charge on any atom is -0.314 e. The van der Waals surface area contributed by atoms with Gasteiger partial charge in [-0.05, 0) is 44.4 Å². The quantitative estimate of drug-likeness (QED) is 0.748. The molecule has 1 aromatic carbocycles. The molecule has 20 heavy (non-hydrogen) atoms. The fourth-order valence-electron chi connectivity index (χ4n) is 2.00. The lowest BCUT2D eigenvalue weighted by molar-refractivity contribution is 0.581. The maximum absolute atomic E-state index is 13.6. The molecule has 1 N–H and O–H groups in total. The van der Waals surface area contributed by atoms with Gasteiger partial charge in [0.1, 0.15) is 5.82 Å². The van der Waals surface area contributed by atoms with Crippen molar-refractivity contribution in [1.29, 1.82) is 0 Å². The van der Waals surface area contributed by atoms with Gasteiger partial charge in [-0.3, -0.25) is 4.31 Å². The van der Waals surface area contributed by atoms with E-state index in [0.717, 1.165) is 17.3 Å². The van der Waals surface area contributed by atoms with Crippen molar-refractivity contribution < 1.29 is 12.8 Å². The van der Waals surface area contributed by atoms with Gasteiger partial charge in [-0.15, -0.1) is 0 Å². The van der Waals surface area contributed by atoms with Crippen LogP contribution in [0.1, 0.15) is 25.7 Å². The van der Waals surface area contributed by atoms with Crippen LogP contribution >= 0.6 is 0 Å². The maximum Gasteiger partial charge on any atom is 0.234 e. The first-order chi connectivity index (χ1) is 9.50. The number of unbranched alkanes of at least 4 members (excludes halogenated alkanes) is 1. The first-order valence-electron chi connectivity index (χ1n) is 6.95. The van der Waals surface area contributed by atoms with Crippen LogP contribution in [0, 0.1) is 5.82 Å². The third-order valence-electron chi connectivity index (χ3n) is 3.45. The number of halogens is 1. The van der Waals surface area contributed by atoms with Crippen LogP contribution in [0.3, 0.4) is 0 Å². The predicted molar refractivity (Wildman–Crippen MR) is 78.8 cm³/mol. The summed E-state index contributed by atoms with van der Waals surface area (Å²) in [6, 6.07) is 6.56. The van der Waals surface area contributed by atoms with Gasteiger partial charge in [0.2, 0.25) is 10.0 Å². The summed E-state index contributed by atoms with van der Waals surface area (Å²) in [6.07, 6.45) is 3.87. The number of benzene rings is 1. The summed E-state index contributed by atoms with van der Waals surface area (Å²) >= 11 is 0. The van der Waals surface area contributed by atoms with E-state index in [1.807, 2.05) is 0 Å². The Bertz CT molecular complexity index is 544. The van der Waals surface area contributed by atoms with Gasteiger partial charge >= 0.3 is 0 Å². The number of nitrogens with one attached hydrogen (secondary N) is 1. The van der Waals surface area contributed by atoms with Gasteiger partial charge in [-0.1, -0.05) is 12.1 Å². The second-order valence-electron chi connectivity index (χ2n) is 5.17. The molecule has 0 aromatic heterocycles. The number of nitrogens with zero attached hydrogens (tertiary/aromatic N) is 1. The second-order valence-corrected chi connectivity index (χ2v) is 7.29. The summed E-state index contributed by atoms with van der Waals surface area (Å²) in [7, 11) is -2.06. The molecule has 0 radical (unpaired) electrons. The number of hydrogen-bond acceptors (Lipinski definition) is 3.